The number of likely N-dealkylation sites (tertiary alicyclic amines) is 1. The van der Waals surface area contributed by atoms with Crippen LogP contribution in [0.25, 0.3) is 0 Å². The summed E-state index contributed by atoms with van der Waals surface area (Å²) in [6.07, 6.45) is 6.00. The lowest BCUT2D eigenvalue weighted by Gasteiger charge is -2.45. The second kappa shape index (κ2) is 6.99. The van der Waals surface area contributed by atoms with E-state index in [0.717, 1.165) is 51.0 Å². The summed E-state index contributed by atoms with van der Waals surface area (Å²) in [7, 11) is 1.96. The lowest BCUT2D eigenvalue weighted by Crippen LogP contribution is -2.51. The molecule has 1 saturated carbocycles. The fraction of sp³-hybridized carbons (Fsp3) is 0.550. The number of H-pyrrole nitrogens is 1. The summed E-state index contributed by atoms with van der Waals surface area (Å²) < 4.78 is 2.62. The Balaban J connectivity index is 1.42. The number of aromatic amines is 1. The molecule has 2 aromatic rings. The number of piperidine rings is 1. The minimum Gasteiger partial charge on any atom is -0.342 e. The molecule has 1 aliphatic heterocycles. The maximum Gasteiger partial charge on any atom is 0.229 e. The fourth-order valence-corrected chi connectivity index (χ4v) is 4.60. The Labute approximate surface area is 159 Å². The van der Waals surface area contributed by atoms with E-state index in [-0.39, 0.29) is 5.41 Å². The molecule has 0 spiro atoms. The number of hydrogen-bond donors (Lipinski definition) is 1. The van der Waals surface area contributed by atoms with Crippen LogP contribution in [0.2, 0.25) is 0 Å². The Morgan fingerprint density at radius 1 is 1.27 bits per heavy atom. The van der Waals surface area contributed by atoms with Crippen LogP contribution >= 0.6 is 12.2 Å². The van der Waals surface area contributed by atoms with E-state index in [2.05, 4.69) is 39.4 Å². The number of benzene rings is 1. The van der Waals surface area contributed by atoms with Gasteiger partial charge in [0.15, 0.2) is 4.77 Å². The number of nitrogens with one attached hydrogen (secondary N) is 1. The standard InChI is InChI=1S/C20H26N4OS/c1-23-17(21-22-19(23)26)16-8-12-24(13-9-16)18(25)20(10-5-11-20)14-15-6-3-2-4-7-15/h2-4,6-7,16H,5,8-14H2,1H3,(H,22,26). The maximum atomic E-state index is 13.3. The van der Waals surface area contributed by atoms with Crippen molar-refractivity contribution in [1.82, 2.24) is 19.7 Å². The van der Waals surface area contributed by atoms with Gasteiger partial charge in [0, 0.05) is 26.1 Å². The third-order valence-corrected chi connectivity index (χ3v) is 6.58. The van der Waals surface area contributed by atoms with Crippen LogP contribution in [0.3, 0.4) is 0 Å². The molecular weight excluding hydrogens is 344 g/mol. The SMILES string of the molecule is Cn1c(C2CCN(C(=O)C3(Cc4ccccc4)CCC3)CC2)n[nH]c1=S. The van der Waals surface area contributed by atoms with Gasteiger partial charge in [-0.2, -0.15) is 5.10 Å². The van der Waals surface area contributed by atoms with E-state index in [0.29, 0.717) is 16.6 Å². The maximum absolute atomic E-state index is 13.3. The van der Waals surface area contributed by atoms with Crippen molar-refractivity contribution in [1.29, 1.82) is 0 Å². The van der Waals surface area contributed by atoms with Gasteiger partial charge in [0.2, 0.25) is 5.91 Å². The molecule has 0 bridgehead atoms. The van der Waals surface area contributed by atoms with Gasteiger partial charge in [-0.25, -0.2) is 0 Å². The molecule has 2 heterocycles. The fourth-order valence-electron chi connectivity index (χ4n) is 4.46. The van der Waals surface area contributed by atoms with Gasteiger partial charge in [-0.1, -0.05) is 36.8 Å². The largest absolute Gasteiger partial charge is 0.342 e. The number of aromatic nitrogens is 3. The van der Waals surface area contributed by atoms with Gasteiger partial charge in [0.25, 0.3) is 0 Å². The minimum atomic E-state index is -0.168. The molecule has 1 amide bonds. The summed E-state index contributed by atoms with van der Waals surface area (Å²) >= 11 is 5.22. The smallest absolute Gasteiger partial charge is 0.229 e. The summed E-state index contributed by atoms with van der Waals surface area (Å²) in [5.74, 6) is 1.76. The average molecular weight is 371 g/mol. The molecule has 26 heavy (non-hydrogen) atoms. The zero-order valence-electron chi connectivity index (χ0n) is 15.3. The Bertz CT molecular complexity index is 829. The molecule has 5 nitrogen and oxygen atoms in total. The summed E-state index contributed by atoms with van der Waals surface area (Å²) in [5.41, 5.74) is 1.11. The lowest BCUT2D eigenvalue weighted by atomic mass is 9.64. The number of hydrogen-bond acceptors (Lipinski definition) is 3. The molecule has 2 fully saturated rings. The second-order valence-corrected chi connectivity index (χ2v) is 8.20. The molecule has 2 aliphatic rings. The van der Waals surface area contributed by atoms with E-state index >= 15 is 0 Å². The van der Waals surface area contributed by atoms with E-state index in [1.54, 1.807) is 0 Å². The molecule has 1 aliphatic carbocycles. The predicted octanol–water partition coefficient (Wildman–Crippen LogP) is 3.60. The van der Waals surface area contributed by atoms with Gasteiger partial charge in [-0.3, -0.25) is 9.89 Å². The molecule has 0 unspecified atom stereocenters. The summed E-state index contributed by atoms with van der Waals surface area (Å²) in [6, 6.07) is 10.4. The van der Waals surface area contributed by atoms with Gasteiger partial charge in [-0.05, 0) is 49.9 Å². The Morgan fingerprint density at radius 2 is 1.96 bits per heavy atom. The lowest BCUT2D eigenvalue weighted by molar-refractivity contribution is -0.148. The van der Waals surface area contributed by atoms with Crippen LogP contribution in [-0.2, 0) is 18.3 Å². The molecule has 138 valence electrons. The highest BCUT2D eigenvalue weighted by molar-refractivity contribution is 7.71. The van der Waals surface area contributed by atoms with Crippen molar-refractivity contribution in [3.63, 3.8) is 0 Å². The molecule has 1 saturated heterocycles. The zero-order valence-corrected chi connectivity index (χ0v) is 16.1. The van der Waals surface area contributed by atoms with Crippen LogP contribution in [0.1, 0.15) is 49.4 Å². The van der Waals surface area contributed by atoms with Gasteiger partial charge < -0.3 is 9.47 Å². The van der Waals surface area contributed by atoms with E-state index in [1.165, 1.54) is 12.0 Å². The summed E-state index contributed by atoms with van der Waals surface area (Å²) in [5, 5.41) is 7.26. The van der Waals surface area contributed by atoms with Crippen molar-refractivity contribution in [3.05, 3.63) is 46.5 Å². The van der Waals surface area contributed by atoms with Gasteiger partial charge in [0.05, 0.1) is 5.41 Å². The highest BCUT2D eigenvalue weighted by Gasteiger charge is 2.46. The van der Waals surface area contributed by atoms with Crippen LogP contribution < -0.4 is 0 Å². The van der Waals surface area contributed by atoms with Crippen molar-refractivity contribution in [2.45, 2.75) is 44.4 Å². The van der Waals surface area contributed by atoms with E-state index in [4.69, 9.17) is 12.2 Å². The molecule has 4 rings (SSSR count). The first-order chi connectivity index (χ1) is 12.6. The molecule has 0 atom stereocenters. The van der Waals surface area contributed by atoms with Gasteiger partial charge >= 0.3 is 0 Å². The van der Waals surface area contributed by atoms with Gasteiger partial charge in [0.1, 0.15) is 5.82 Å². The van der Waals surface area contributed by atoms with Crippen molar-refractivity contribution in [2.75, 3.05) is 13.1 Å². The van der Waals surface area contributed by atoms with Crippen molar-refractivity contribution >= 4 is 18.1 Å². The predicted molar refractivity (Wildman–Crippen MR) is 103 cm³/mol. The summed E-state index contributed by atoms with van der Waals surface area (Å²) in [4.78, 5) is 15.4. The average Bonchev–Trinajstić information content (AvgIpc) is 2.98. The first kappa shape index (κ1) is 17.5. The number of carbonyl (C=O) groups is 1. The molecule has 1 aromatic carbocycles. The first-order valence-corrected chi connectivity index (χ1v) is 9.94. The number of rotatable bonds is 4. The van der Waals surface area contributed by atoms with E-state index in [1.807, 2.05) is 17.7 Å². The normalized spacial score (nSPS) is 20.0. The Morgan fingerprint density at radius 3 is 2.50 bits per heavy atom. The van der Waals surface area contributed by atoms with Crippen LogP contribution in [0.15, 0.2) is 30.3 Å². The second-order valence-electron chi connectivity index (χ2n) is 7.81. The van der Waals surface area contributed by atoms with Crippen LogP contribution in [0.4, 0.5) is 0 Å². The highest BCUT2D eigenvalue weighted by Crippen LogP contribution is 2.46. The van der Waals surface area contributed by atoms with Crippen molar-refractivity contribution in [3.8, 4) is 0 Å². The third-order valence-electron chi connectivity index (χ3n) is 6.21. The molecule has 6 heteroatoms. The number of amides is 1. The van der Waals surface area contributed by atoms with Crippen LogP contribution in [-0.4, -0.2) is 38.7 Å². The zero-order chi connectivity index (χ0) is 18.1. The van der Waals surface area contributed by atoms with E-state index < -0.39 is 0 Å². The Hall–Kier alpha value is -1.95. The number of carbonyl (C=O) groups excluding carboxylic acids is 1. The van der Waals surface area contributed by atoms with Crippen molar-refractivity contribution in [2.24, 2.45) is 12.5 Å². The van der Waals surface area contributed by atoms with Crippen molar-refractivity contribution < 1.29 is 4.79 Å². The molecule has 1 aromatic heterocycles. The monoisotopic (exact) mass is 370 g/mol. The summed E-state index contributed by atoms with van der Waals surface area (Å²) in [6.45, 7) is 1.64. The third kappa shape index (κ3) is 3.11. The molecular formula is C20H26N4OS. The van der Waals surface area contributed by atoms with Crippen LogP contribution in [0, 0.1) is 10.2 Å². The quantitative estimate of drug-likeness (QED) is 0.837. The molecule has 1 N–H and O–H groups in total. The van der Waals surface area contributed by atoms with Gasteiger partial charge in [-0.15, -0.1) is 0 Å². The van der Waals surface area contributed by atoms with E-state index in [9.17, 15) is 4.79 Å². The topological polar surface area (TPSA) is 53.9 Å². The number of nitrogens with zero attached hydrogens (tertiary/aromatic N) is 3. The minimum absolute atomic E-state index is 0.168. The molecule has 0 radical (unpaired) electrons. The van der Waals surface area contributed by atoms with Crippen LogP contribution in [0.5, 0.6) is 0 Å². The first-order valence-electron chi connectivity index (χ1n) is 9.54. The Kier molecular flexibility index (Phi) is 4.69. The highest BCUT2D eigenvalue weighted by atomic mass is 32.1.